The Bertz CT molecular complexity index is 459. The van der Waals surface area contributed by atoms with Gasteiger partial charge in [0.1, 0.15) is 0 Å². The van der Waals surface area contributed by atoms with E-state index in [0.717, 1.165) is 0 Å². The van der Waals surface area contributed by atoms with Crippen LogP contribution in [-0.4, -0.2) is 34.0 Å². The fourth-order valence-electron chi connectivity index (χ4n) is 1.14. The molecule has 0 saturated heterocycles. The molecule has 0 radical (unpaired) electrons. The smallest absolute Gasteiger partial charge is 0.240 e. The van der Waals surface area contributed by atoms with Gasteiger partial charge in [0.2, 0.25) is 15.9 Å². The van der Waals surface area contributed by atoms with Crippen molar-refractivity contribution >= 4 is 15.9 Å². The van der Waals surface area contributed by atoms with Crippen LogP contribution in [0.5, 0.6) is 0 Å². The summed E-state index contributed by atoms with van der Waals surface area (Å²) >= 11 is 0. The SMILES string of the molecule is NCC(=O)NCCNS(=O)(=O)c1ccccc1. The molecule has 0 aromatic heterocycles. The second-order valence-electron chi connectivity index (χ2n) is 3.26. The topological polar surface area (TPSA) is 101 Å². The molecule has 7 heteroatoms. The molecular weight excluding hydrogens is 242 g/mol. The number of carbonyl (C=O) groups excluding carboxylic acids is 1. The molecule has 0 aliphatic rings. The molecular formula is C10H15N3O3S. The van der Waals surface area contributed by atoms with Gasteiger partial charge in [0.15, 0.2) is 0 Å². The number of nitrogens with one attached hydrogen (secondary N) is 2. The van der Waals surface area contributed by atoms with E-state index in [1.165, 1.54) is 12.1 Å². The van der Waals surface area contributed by atoms with Crippen LogP contribution in [0.2, 0.25) is 0 Å². The molecule has 0 bridgehead atoms. The third-order valence-corrected chi connectivity index (χ3v) is 3.46. The number of hydrogen-bond acceptors (Lipinski definition) is 4. The minimum atomic E-state index is -3.50. The van der Waals surface area contributed by atoms with Crippen LogP contribution in [0.4, 0.5) is 0 Å². The van der Waals surface area contributed by atoms with Crippen LogP contribution in [0.1, 0.15) is 0 Å². The van der Waals surface area contributed by atoms with Gasteiger partial charge in [-0.2, -0.15) is 0 Å². The lowest BCUT2D eigenvalue weighted by molar-refractivity contribution is -0.119. The quantitative estimate of drug-likeness (QED) is 0.571. The van der Waals surface area contributed by atoms with E-state index in [2.05, 4.69) is 10.0 Å². The zero-order chi connectivity index (χ0) is 12.7. The lowest BCUT2D eigenvalue weighted by Gasteiger charge is -2.07. The highest BCUT2D eigenvalue weighted by atomic mass is 32.2. The summed E-state index contributed by atoms with van der Waals surface area (Å²) in [6, 6.07) is 8.03. The fraction of sp³-hybridized carbons (Fsp3) is 0.300. The standard InChI is InChI=1S/C10H15N3O3S/c11-8-10(14)12-6-7-13-17(15,16)9-4-2-1-3-5-9/h1-5,13H,6-8,11H2,(H,12,14). The lowest BCUT2D eigenvalue weighted by Crippen LogP contribution is -2.37. The van der Waals surface area contributed by atoms with Crippen molar-refractivity contribution in [2.45, 2.75) is 4.90 Å². The van der Waals surface area contributed by atoms with E-state index in [1.807, 2.05) is 0 Å². The van der Waals surface area contributed by atoms with Crippen LogP contribution in [0.25, 0.3) is 0 Å². The second-order valence-corrected chi connectivity index (χ2v) is 5.03. The second kappa shape index (κ2) is 6.33. The molecule has 0 spiro atoms. The molecule has 0 atom stereocenters. The van der Waals surface area contributed by atoms with E-state index in [9.17, 15) is 13.2 Å². The number of rotatable bonds is 6. The van der Waals surface area contributed by atoms with Crippen LogP contribution < -0.4 is 15.8 Å². The zero-order valence-electron chi connectivity index (χ0n) is 9.22. The highest BCUT2D eigenvalue weighted by Gasteiger charge is 2.11. The summed E-state index contributed by atoms with van der Waals surface area (Å²) in [7, 11) is -3.50. The summed E-state index contributed by atoms with van der Waals surface area (Å²) in [5.74, 6) is -0.316. The third kappa shape index (κ3) is 4.51. The fourth-order valence-corrected chi connectivity index (χ4v) is 2.20. The molecule has 6 nitrogen and oxygen atoms in total. The van der Waals surface area contributed by atoms with Gasteiger partial charge in [-0.15, -0.1) is 0 Å². The molecule has 0 unspecified atom stereocenters. The maximum atomic E-state index is 11.7. The van der Waals surface area contributed by atoms with Gasteiger partial charge in [-0.1, -0.05) is 18.2 Å². The Hall–Kier alpha value is -1.44. The van der Waals surface area contributed by atoms with Crippen molar-refractivity contribution in [2.24, 2.45) is 5.73 Å². The Labute approximate surface area is 100 Å². The summed E-state index contributed by atoms with van der Waals surface area (Å²) in [5, 5.41) is 2.47. The van der Waals surface area contributed by atoms with E-state index in [4.69, 9.17) is 5.73 Å². The number of amides is 1. The molecule has 1 rings (SSSR count). The first kappa shape index (κ1) is 13.6. The maximum absolute atomic E-state index is 11.7. The first-order valence-corrected chi connectivity index (χ1v) is 6.56. The van der Waals surface area contributed by atoms with E-state index in [0.29, 0.717) is 0 Å². The summed E-state index contributed by atoms with van der Waals surface area (Å²) < 4.78 is 25.8. The van der Waals surface area contributed by atoms with Gasteiger partial charge in [0, 0.05) is 13.1 Å². The van der Waals surface area contributed by atoms with Crippen molar-refractivity contribution in [3.8, 4) is 0 Å². The van der Waals surface area contributed by atoms with Crippen LogP contribution >= 0.6 is 0 Å². The maximum Gasteiger partial charge on any atom is 0.240 e. The van der Waals surface area contributed by atoms with Crippen molar-refractivity contribution in [1.82, 2.24) is 10.0 Å². The highest BCUT2D eigenvalue weighted by molar-refractivity contribution is 7.89. The molecule has 0 aliphatic heterocycles. The Morgan fingerprint density at radius 1 is 1.18 bits per heavy atom. The first-order valence-electron chi connectivity index (χ1n) is 5.08. The van der Waals surface area contributed by atoms with Gasteiger partial charge >= 0.3 is 0 Å². The number of carbonyl (C=O) groups is 1. The van der Waals surface area contributed by atoms with E-state index >= 15 is 0 Å². The van der Waals surface area contributed by atoms with Crippen molar-refractivity contribution in [1.29, 1.82) is 0 Å². The van der Waals surface area contributed by atoms with Gasteiger partial charge in [-0.3, -0.25) is 4.79 Å². The third-order valence-electron chi connectivity index (χ3n) is 1.98. The monoisotopic (exact) mass is 257 g/mol. The summed E-state index contributed by atoms with van der Waals surface area (Å²) in [5.41, 5.74) is 5.08. The average Bonchev–Trinajstić information content (AvgIpc) is 2.35. The predicted octanol–water partition coefficient (Wildman–Crippen LogP) is -0.960. The van der Waals surface area contributed by atoms with Crippen LogP contribution in [0.3, 0.4) is 0 Å². The molecule has 0 saturated carbocycles. The average molecular weight is 257 g/mol. The van der Waals surface area contributed by atoms with Crippen molar-refractivity contribution in [3.05, 3.63) is 30.3 Å². The van der Waals surface area contributed by atoms with E-state index in [1.54, 1.807) is 18.2 Å². The van der Waals surface area contributed by atoms with Crippen LogP contribution in [-0.2, 0) is 14.8 Å². The molecule has 0 fully saturated rings. The molecule has 1 amide bonds. The number of sulfonamides is 1. The number of benzene rings is 1. The largest absolute Gasteiger partial charge is 0.354 e. The molecule has 0 aliphatic carbocycles. The zero-order valence-corrected chi connectivity index (χ0v) is 10.0. The Morgan fingerprint density at radius 3 is 2.41 bits per heavy atom. The van der Waals surface area contributed by atoms with Crippen LogP contribution in [0, 0.1) is 0 Å². The first-order chi connectivity index (χ1) is 8.06. The Morgan fingerprint density at radius 2 is 1.82 bits per heavy atom. The van der Waals surface area contributed by atoms with Gasteiger partial charge in [0.05, 0.1) is 11.4 Å². The van der Waals surface area contributed by atoms with Gasteiger partial charge in [-0.25, -0.2) is 13.1 Å². The Kier molecular flexibility index (Phi) is 5.08. The summed E-state index contributed by atoms with van der Waals surface area (Å²) in [4.78, 5) is 11.0. The van der Waals surface area contributed by atoms with Gasteiger partial charge < -0.3 is 11.1 Å². The molecule has 1 aromatic carbocycles. The minimum absolute atomic E-state index is 0.106. The number of nitrogens with two attached hydrogens (primary N) is 1. The highest BCUT2D eigenvalue weighted by Crippen LogP contribution is 2.06. The van der Waals surface area contributed by atoms with Gasteiger partial charge in [0.25, 0.3) is 0 Å². The Balaban J connectivity index is 2.44. The summed E-state index contributed by atoms with van der Waals surface area (Å²) in [6.07, 6.45) is 0. The minimum Gasteiger partial charge on any atom is -0.354 e. The van der Waals surface area contributed by atoms with E-state index < -0.39 is 10.0 Å². The molecule has 0 heterocycles. The normalized spacial score (nSPS) is 11.1. The van der Waals surface area contributed by atoms with Crippen molar-refractivity contribution in [2.75, 3.05) is 19.6 Å². The number of hydrogen-bond donors (Lipinski definition) is 3. The lowest BCUT2D eigenvalue weighted by atomic mass is 10.4. The van der Waals surface area contributed by atoms with Gasteiger partial charge in [-0.05, 0) is 12.1 Å². The van der Waals surface area contributed by atoms with Crippen LogP contribution in [0.15, 0.2) is 35.2 Å². The van der Waals surface area contributed by atoms with Crippen molar-refractivity contribution < 1.29 is 13.2 Å². The molecule has 4 N–H and O–H groups in total. The summed E-state index contributed by atoms with van der Waals surface area (Å²) in [6.45, 7) is 0.233. The molecule has 17 heavy (non-hydrogen) atoms. The van der Waals surface area contributed by atoms with Crippen molar-refractivity contribution in [3.63, 3.8) is 0 Å². The van der Waals surface area contributed by atoms with E-state index in [-0.39, 0.29) is 30.4 Å². The molecule has 1 aromatic rings. The molecule has 94 valence electrons. The predicted molar refractivity (Wildman–Crippen MR) is 63.7 cm³/mol.